The highest BCUT2D eigenvalue weighted by Crippen LogP contribution is 2.22. The van der Waals surface area contributed by atoms with Crippen molar-refractivity contribution in [2.75, 3.05) is 0 Å². The van der Waals surface area contributed by atoms with Gasteiger partial charge in [-0.2, -0.15) is 4.98 Å². The molecule has 1 aromatic heterocycles. The summed E-state index contributed by atoms with van der Waals surface area (Å²) in [4.78, 5) is 4.15. The molecule has 1 heterocycles. The van der Waals surface area contributed by atoms with E-state index < -0.39 is 11.9 Å². The van der Waals surface area contributed by atoms with Gasteiger partial charge >= 0.3 is 0 Å². The molecular formula is C14H17FN2O3. The van der Waals surface area contributed by atoms with Gasteiger partial charge in [0.05, 0.1) is 6.10 Å². The van der Waals surface area contributed by atoms with E-state index in [9.17, 15) is 9.50 Å². The molecule has 1 N–H and O–H groups in total. The smallest absolute Gasteiger partial charge is 0.226 e. The summed E-state index contributed by atoms with van der Waals surface area (Å²) in [6, 6.07) is 4.32. The van der Waals surface area contributed by atoms with Crippen LogP contribution in [0.15, 0.2) is 22.7 Å². The molecule has 0 bridgehead atoms. The second kappa shape index (κ2) is 6.47. The van der Waals surface area contributed by atoms with Crippen molar-refractivity contribution in [3.05, 3.63) is 41.3 Å². The molecule has 20 heavy (non-hydrogen) atoms. The molecule has 108 valence electrons. The minimum atomic E-state index is -0.849. The van der Waals surface area contributed by atoms with Crippen molar-refractivity contribution < 1.29 is 18.8 Å². The zero-order valence-corrected chi connectivity index (χ0v) is 11.5. The minimum absolute atomic E-state index is 0.112. The number of aromatic nitrogens is 2. The number of rotatable bonds is 6. The van der Waals surface area contributed by atoms with Gasteiger partial charge in [0.1, 0.15) is 11.6 Å². The first-order chi connectivity index (χ1) is 9.60. The Balaban J connectivity index is 1.98. The van der Waals surface area contributed by atoms with Crippen LogP contribution in [0.2, 0.25) is 0 Å². The van der Waals surface area contributed by atoms with Crippen LogP contribution in [0.25, 0.3) is 0 Å². The summed E-state index contributed by atoms with van der Waals surface area (Å²) >= 11 is 0. The van der Waals surface area contributed by atoms with Crippen molar-refractivity contribution >= 4 is 0 Å². The second-order valence-electron chi connectivity index (χ2n) is 4.50. The quantitative estimate of drug-likeness (QED) is 0.881. The molecule has 5 nitrogen and oxygen atoms in total. The third kappa shape index (κ3) is 3.54. The largest absolute Gasteiger partial charge is 0.485 e. The molecule has 0 aliphatic rings. The Kier molecular flexibility index (Phi) is 4.68. The molecule has 6 heteroatoms. The Hall–Kier alpha value is -1.95. The van der Waals surface area contributed by atoms with Crippen molar-refractivity contribution in [1.29, 1.82) is 0 Å². The molecule has 0 saturated carbocycles. The van der Waals surface area contributed by atoms with Crippen LogP contribution in [-0.2, 0) is 13.0 Å². The highest BCUT2D eigenvalue weighted by molar-refractivity contribution is 5.30. The normalized spacial score (nSPS) is 12.4. The van der Waals surface area contributed by atoms with Crippen LogP contribution < -0.4 is 4.74 Å². The summed E-state index contributed by atoms with van der Waals surface area (Å²) in [7, 11) is 0. The van der Waals surface area contributed by atoms with Crippen molar-refractivity contribution in [1.82, 2.24) is 10.1 Å². The van der Waals surface area contributed by atoms with Gasteiger partial charge in [-0.25, -0.2) is 4.39 Å². The Morgan fingerprint density at radius 3 is 2.90 bits per heavy atom. The number of nitrogens with zero attached hydrogens (tertiary/aromatic N) is 2. The van der Waals surface area contributed by atoms with Crippen LogP contribution in [0.3, 0.4) is 0 Å². The number of hydrogen-bond acceptors (Lipinski definition) is 5. The van der Waals surface area contributed by atoms with E-state index >= 15 is 0 Å². The van der Waals surface area contributed by atoms with E-state index in [4.69, 9.17) is 9.26 Å². The van der Waals surface area contributed by atoms with E-state index in [1.54, 1.807) is 6.07 Å². The van der Waals surface area contributed by atoms with Gasteiger partial charge in [0, 0.05) is 18.1 Å². The van der Waals surface area contributed by atoms with Crippen LogP contribution in [0, 0.1) is 5.82 Å². The van der Waals surface area contributed by atoms with Crippen molar-refractivity contribution in [3.8, 4) is 5.75 Å². The second-order valence-corrected chi connectivity index (χ2v) is 4.50. The molecule has 0 unspecified atom stereocenters. The summed E-state index contributed by atoms with van der Waals surface area (Å²) in [6.45, 7) is 3.64. The van der Waals surface area contributed by atoms with Gasteiger partial charge in [-0.3, -0.25) is 0 Å². The maximum Gasteiger partial charge on any atom is 0.226 e. The molecule has 0 aliphatic heterocycles. The lowest BCUT2D eigenvalue weighted by Gasteiger charge is -2.08. The number of aliphatic hydroxyl groups is 1. The predicted octanol–water partition coefficient (Wildman–Crippen LogP) is 2.79. The molecule has 2 aromatic rings. The van der Waals surface area contributed by atoms with E-state index in [1.165, 1.54) is 19.1 Å². The Morgan fingerprint density at radius 2 is 2.25 bits per heavy atom. The standard InChI is InChI=1S/C14H17FN2O3/c1-3-4-14-16-13(17-20-14)8-19-10-5-6-11(9(2)18)12(15)7-10/h5-7,9,18H,3-4,8H2,1-2H3/t9-/m1/s1. The number of aryl methyl sites for hydroxylation is 1. The number of benzene rings is 1. The first kappa shape index (κ1) is 14.5. The van der Waals surface area contributed by atoms with E-state index in [1.807, 2.05) is 6.92 Å². The number of ether oxygens (including phenoxy) is 1. The van der Waals surface area contributed by atoms with Crippen LogP contribution >= 0.6 is 0 Å². The fourth-order valence-electron chi connectivity index (χ4n) is 1.75. The Labute approximate surface area is 116 Å². The van der Waals surface area contributed by atoms with E-state index in [-0.39, 0.29) is 12.2 Å². The fraction of sp³-hybridized carbons (Fsp3) is 0.429. The summed E-state index contributed by atoms with van der Waals surface area (Å²) in [5.41, 5.74) is 0.238. The minimum Gasteiger partial charge on any atom is -0.485 e. The van der Waals surface area contributed by atoms with Gasteiger partial charge in [0.15, 0.2) is 6.61 Å². The number of aliphatic hydroxyl groups excluding tert-OH is 1. The number of hydrogen-bond donors (Lipinski definition) is 1. The van der Waals surface area contributed by atoms with Crippen LogP contribution in [0.1, 0.15) is 43.7 Å². The Morgan fingerprint density at radius 1 is 1.45 bits per heavy atom. The van der Waals surface area contributed by atoms with Gasteiger partial charge in [-0.1, -0.05) is 12.1 Å². The summed E-state index contributed by atoms with van der Waals surface area (Å²) in [6.07, 6.45) is 0.803. The van der Waals surface area contributed by atoms with Crippen molar-refractivity contribution in [2.45, 2.75) is 39.4 Å². The maximum absolute atomic E-state index is 13.6. The van der Waals surface area contributed by atoms with Gasteiger partial charge in [0.25, 0.3) is 0 Å². The molecule has 2 rings (SSSR count). The first-order valence-electron chi connectivity index (χ1n) is 6.52. The SMILES string of the molecule is CCCc1nc(COc2ccc([C@@H](C)O)c(F)c2)no1. The highest BCUT2D eigenvalue weighted by Gasteiger charge is 2.10. The zero-order valence-electron chi connectivity index (χ0n) is 11.5. The monoisotopic (exact) mass is 280 g/mol. The summed E-state index contributed by atoms with van der Waals surface area (Å²) in [5, 5.41) is 13.1. The van der Waals surface area contributed by atoms with Crippen LogP contribution in [0.4, 0.5) is 4.39 Å². The topological polar surface area (TPSA) is 68.4 Å². The van der Waals surface area contributed by atoms with Gasteiger partial charge < -0.3 is 14.4 Å². The predicted molar refractivity (Wildman–Crippen MR) is 69.7 cm³/mol. The fourth-order valence-corrected chi connectivity index (χ4v) is 1.75. The highest BCUT2D eigenvalue weighted by atomic mass is 19.1. The average Bonchev–Trinajstić information content (AvgIpc) is 2.84. The molecule has 1 atom stereocenters. The maximum atomic E-state index is 13.6. The lowest BCUT2D eigenvalue weighted by molar-refractivity contribution is 0.193. The molecule has 0 aliphatic carbocycles. The molecule has 1 aromatic carbocycles. The Bertz CT molecular complexity index is 569. The van der Waals surface area contributed by atoms with Crippen molar-refractivity contribution in [3.63, 3.8) is 0 Å². The van der Waals surface area contributed by atoms with E-state index in [0.29, 0.717) is 17.5 Å². The van der Waals surface area contributed by atoms with Crippen LogP contribution in [0.5, 0.6) is 5.75 Å². The lowest BCUT2D eigenvalue weighted by Crippen LogP contribution is -2.00. The van der Waals surface area contributed by atoms with Gasteiger partial charge in [0.2, 0.25) is 11.7 Å². The third-order valence-electron chi connectivity index (χ3n) is 2.76. The van der Waals surface area contributed by atoms with E-state index in [2.05, 4.69) is 10.1 Å². The summed E-state index contributed by atoms with van der Waals surface area (Å²) < 4.78 is 24.1. The summed E-state index contributed by atoms with van der Waals surface area (Å²) in [5.74, 6) is 0.848. The molecule has 0 radical (unpaired) electrons. The zero-order chi connectivity index (χ0) is 14.5. The molecule has 0 saturated heterocycles. The van der Waals surface area contributed by atoms with Crippen LogP contribution in [-0.4, -0.2) is 15.2 Å². The van der Waals surface area contributed by atoms with Gasteiger partial charge in [-0.05, 0) is 25.5 Å². The third-order valence-corrected chi connectivity index (χ3v) is 2.76. The molecule has 0 fully saturated rings. The lowest BCUT2D eigenvalue weighted by atomic mass is 10.1. The molecule has 0 spiro atoms. The first-order valence-corrected chi connectivity index (χ1v) is 6.52. The van der Waals surface area contributed by atoms with Gasteiger partial charge in [-0.15, -0.1) is 0 Å². The molecule has 0 amide bonds. The number of halogens is 1. The van der Waals surface area contributed by atoms with Crippen molar-refractivity contribution in [2.24, 2.45) is 0 Å². The average molecular weight is 280 g/mol. The molecular weight excluding hydrogens is 263 g/mol. The van der Waals surface area contributed by atoms with E-state index in [0.717, 1.165) is 12.8 Å².